The van der Waals surface area contributed by atoms with Crippen molar-refractivity contribution in [2.45, 2.75) is 0 Å². The van der Waals surface area contributed by atoms with Crippen molar-refractivity contribution in [2.24, 2.45) is 0 Å². The van der Waals surface area contributed by atoms with E-state index in [1.165, 1.54) is 0 Å². The minimum absolute atomic E-state index is 0.129. The molecule has 0 saturated heterocycles. The molecule has 0 spiro atoms. The van der Waals surface area contributed by atoms with Gasteiger partial charge in [-0.2, -0.15) is 15.0 Å². The molecule has 0 aliphatic rings. The summed E-state index contributed by atoms with van der Waals surface area (Å²) >= 11 is 0. The minimum Gasteiger partial charge on any atom is -0.424 e. The fourth-order valence-corrected chi connectivity index (χ4v) is 1.73. The molecule has 0 atom stereocenters. The molecular weight excluding hydrogens is 252 g/mol. The van der Waals surface area contributed by atoms with E-state index in [0.717, 1.165) is 5.56 Å². The van der Waals surface area contributed by atoms with Gasteiger partial charge in [-0.25, -0.2) is 0 Å². The molecule has 3 rings (SSSR count). The average molecular weight is 264 g/mol. The summed E-state index contributed by atoms with van der Waals surface area (Å²) in [6.07, 6.45) is 0. The van der Waals surface area contributed by atoms with E-state index in [-0.39, 0.29) is 12.0 Å². The van der Waals surface area contributed by atoms with E-state index < -0.39 is 0 Å². The molecule has 20 heavy (non-hydrogen) atoms. The van der Waals surface area contributed by atoms with Gasteiger partial charge in [0.15, 0.2) is 5.82 Å². The van der Waals surface area contributed by atoms with E-state index in [1.807, 2.05) is 60.7 Å². The highest BCUT2D eigenvalue weighted by atomic mass is 16.5. The van der Waals surface area contributed by atoms with Crippen LogP contribution in [0.4, 0.5) is 5.95 Å². The van der Waals surface area contributed by atoms with E-state index in [4.69, 9.17) is 10.5 Å². The van der Waals surface area contributed by atoms with Crippen LogP contribution in [0.5, 0.6) is 11.8 Å². The second-order valence-corrected chi connectivity index (χ2v) is 4.08. The van der Waals surface area contributed by atoms with Crippen LogP contribution in [0.25, 0.3) is 11.4 Å². The molecular formula is C15H12N4O. The molecule has 3 aromatic rings. The van der Waals surface area contributed by atoms with Crippen molar-refractivity contribution in [3.8, 4) is 23.1 Å². The second-order valence-electron chi connectivity index (χ2n) is 4.08. The molecule has 5 nitrogen and oxygen atoms in total. The fraction of sp³-hybridized carbons (Fsp3) is 0. The van der Waals surface area contributed by atoms with Crippen LogP contribution in [0.1, 0.15) is 0 Å². The van der Waals surface area contributed by atoms with Gasteiger partial charge in [0.25, 0.3) is 0 Å². The van der Waals surface area contributed by atoms with Crippen LogP contribution in [-0.2, 0) is 0 Å². The van der Waals surface area contributed by atoms with Gasteiger partial charge in [-0.1, -0.05) is 48.5 Å². The van der Waals surface area contributed by atoms with Gasteiger partial charge in [0.05, 0.1) is 0 Å². The van der Waals surface area contributed by atoms with Crippen molar-refractivity contribution in [1.29, 1.82) is 0 Å². The first-order valence-corrected chi connectivity index (χ1v) is 6.11. The molecule has 0 aliphatic heterocycles. The van der Waals surface area contributed by atoms with Crippen molar-refractivity contribution in [2.75, 3.05) is 5.73 Å². The number of hydrogen-bond donors (Lipinski definition) is 1. The van der Waals surface area contributed by atoms with Crippen LogP contribution in [0, 0.1) is 0 Å². The molecule has 2 N–H and O–H groups in total. The molecule has 0 unspecified atom stereocenters. The summed E-state index contributed by atoms with van der Waals surface area (Å²) in [4.78, 5) is 12.4. The maximum absolute atomic E-state index is 5.71. The Morgan fingerprint density at radius 3 is 2.10 bits per heavy atom. The number of ether oxygens (including phenoxy) is 1. The lowest BCUT2D eigenvalue weighted by molar-refractivity contribution is 0.441. The second kappa shape index (κ2) is 5.36. The zero-order chi connectivity index (χ0) is 13.8. The Bertz CT molecular complexity index is 702. The lowest BCUT2D eigenvalue weighted by Gasteiger charge is -2.06. The van der Waals surface area contributed by atoms with Gasteiger partial charge in [-0.05, 0) is 12.1 Å². The molecule has 0 saturated carbocycles. The van der Waals surface area contributed by atoms with E-state index in [2.05, 4.69) is 15.0 Å². The first-order chi connectivity index (χ1) is 9.81. The minimum atomic E-state index is 0.129. The SMILES string of the molecule is Nc1nc(Oc2ccccc2)nc(-c2ccccc2)n1. The van der Waals surface area contributed by atoms with Crippen LogP contribution in [-0.4, -0.2) is 15.0 Å². The molecule has 1 heterocycles. The number of nitrogens with two attached hydrogens (primary N) is 1. The van der Waals surface area contributed by atoms with Crippen LogP contribution in [0.3, 0.4) is 0 Å². The van der Waals surface area contributed by atoms with Gasteiger partial charge >= 0.3 is 6.01 Å². The Hall–Kier alpha value is -2.95. The first-order valence-electron chi connectivity index (χ1n) is 6.11. The molecule has 1 aromatic heterocycles. The maximum atomic E-state index is 5.71. The van der Waals surface area contributed by atoms with E-state index in [0.29, 0.717) is 11.6 Å². The smallest absolute Gasteiger partial charge is 0.327 e. The number of hydrogen-bond acceptors (Lipinski definition) is 5. The lowest BCUT2D eigenvalue weighted by atomic mass is 10.2. The Morgan fingerprint density at radius 2 is 1.40 bits per heavy atom. The third-order valence-electron chi connectivity index (χ3n) is 2.62. The molecule has 0 amide bonds. The predicted molar refractivity (Wildman–Crippen MR) is 76.2 cm³/mol. The third-order valence-corrected chi connectivity index (χ3v) is 2.62. The van der Waals surface area contributed by atoms with Crippen LogP contribution < -0.4 is 10.5 Å². The van der Waals surface area contributed by atoms with Crippen LogP contribution >= 0.6 is 0 Å². The summed E-state index contributed by atoms with van der Waals surface area (Å²) in [7, 11) is 0. The average Bonchev–Trinajstić information content (AvgIpc) is 2.49. The van der Waals surface area contributed by atoms with Crippen LogP contribution in [0.2, 0.25) is 0 Å². The highest BCUT2D eigenvalue weighted by Gasteiger charge is 2.08. The van der Waals surface area contributed by atoms with Gasteiger partial charge in [0, 0.05) is 5.56 Å². The molecule has 0 aliphatic carbocycles. The number of nitrogens with zero attached hydrogens (tertiary/aromatic N) is 3. The van der Waals surface area contributed by atoms with Gasteiger partial charge in [-0.15, -0.1) is 0 Å². The third kappa shape index (κ3) is 2.72. The summed E-state index contributed by atoms with van der Waals surface area (Å²) in [6, 6.07) is 19.0. The topological polar surface area (TPSA) is 73.9 Å². The molecule has 98 valence electrons. The number of nitrogen functional groups attached to an aromatic ring is 1. The number of rotatable bonds is 3. The Labute approximate surface area is 116 Å². The number of benzene rings is 2. The van der Waals surface area contributed by atoms with Crippen molar-refractivity contribution in [3.05, 3.63) is 60.7 Å². The zero-order valence-electron chi connectivity index (χ0n) is 10.6. The quantitative estimate of drug-likeness (QED) is 0.787. The predicted octanol–water partition coefficient (Wildman–Crippen LogP) is 2.91. The maximum Gasteiger partial charge on any atom is 0.327 e. The summed E-state index contributed by atoms with van der Waals surface area (Å²) in [5, 5.41) is 0. The Kier molecular flexibility index (Phi) is 3.24. The van der Waals surface area contributed by atoms with Crippen molar-refractivity contribution in [1.82, 2.24) is 15.0 Å². The Morgan fingerprint density at radius 1 is 0.750 bits per heavy atom. The Balaban J connectivity index is 1.95. The van der Waals surface area contributed by atoms with Gasteiger partial charge in [0.1, 0.15) is 5.75 Å². The van der Waals surface area contributed by atoms with E-state index in [1.54, 1.807) is 0 Å². The largest absolute Gasteiger partial charge is 0.424 e. The number of anilines is 1. The lowest BCUT2D eigenvalue weighted by Crippen LogP contribution is -2.02. The zero-order valence-corrected chi connectivity index (χ0v) is 10.6. The van der Waals surface area contributed by atoms with Crippen molar-refractivity contribution >= 4 is 5.95 Å². The van der Waals surface area contributed by atoms with Gasteiger partial charge in [0.2, 0.25) is 5.95 Å². The molecule has 5 heteroatoms. The molecule has 0 bridgehead atoms. The van der Waals surface area contributed by atoms with Gasteiger partial charge < -0.3 is 10.5 Å². The fourth-order valence-electron chi connectivity index (χ4n) is 1.73. The summed E-state index contributed by atoms with van der Waals surface area (Å²) in [5.74, 6) is 1.27. The van der Waals surface area contributed by atoms with Gasteiger partial charge in [-0.3, -0.25) is 0 Å². The van der Waals surface area contributed by atoms with Crippen LogP contribution in [0.15, 0.2) is 60.7 Å². The van der Waals surface area contributed by atoms with Crippen molar-refractivity contribution in [3.63, 3.8) is 0 Å². The monoisotopic (exact) mass is 264 g/mol. The first kappa shape index (κ1) is 12.1. The summed E-state index contributed by atoms with van der Waals surface area (Å²) < 4.78 is 5.58. The van der Waals surface area contributed by atoms with E-state index >= 15 is 0 Å². The normalized spacial score (nSPS) is 10.2. The highest BCUT2D eigenvalue weighted by molar-refractivity contribution is 5.55. The molecule has 2 aromatic carbocycles. The van der Waals surface area contributed by atoms with Crippen molar-refractivity contribution < 1.29 is 4.74 Å². The summed E-state index contributed by atoms with van der Waals surface area (Å²) in [5.41, 5.74) is 6.57. The number of para-hydroxylation sites is 1. The molecule has 0 fully saturated rings. The molecule has 0 radical (unpaired) electrons. The highest BCUT2D eigenvalue weighted by Crippen LogP contribution is 2.21. The summed E-state index contributed by atoms with van der Waals surface area (Å²) in [6.45, 7) is 0. The standard InChI is InChI=1S/C15H12N4O/c16-14-17-13(11-7-3-1-4-8-11)18-15(19-14)20-12-9-5-2-6-10-12/h1-10H,(H2,16,17,18,19). The van der Waals surface area contributed by atoms with E-state index in [9.17, 15) is 0 Å². The number of aromatic nitrogens is 3.